The van der Waals surface area contributed by atoms with Gasteiger partial charge in [0.1, 0.15) is 3.70 Å². The van der Waals surface area contributed by atoms with Crippen molar-refractivity contribution in [1.29, 1.82) is 0 Å². The van der Waals surface area contributed by atoms with Crippen LogP contribution in [0, 0.1) is 3.70 Å². The van der Waals surface area contributed by atoms with Gasteiger partial charge in [0.25, 0.3) is 5.24 Å². The molecule has 1 rings (SSSR count). The summed E-state index contributed by atoms with van der Waals surface area (Å²) in [6.07, 6.45) is 1.55. The van der Waals surface area contributed by atoms with Crippen LogP contribution in [0.15, 0.2) is 18.3 Å². The fourth-order valence-electron chi connectivity index (χ4n) is 0.525. The molecule has 0 saturated carbocycles. The molecular formula is C6H3ClINO. The molecule has 0 aliphatic rings. The lowest BCUT2D eigenvalue weighted by Gasteiger charge is -1.91. The number of nitrogens with zero attached hydrogens (tertiary/aromatic N) is 1. The van der Waals surface area contributed by atoms with Gasteiger partial charge in [-0.15, -0.1) is 0 Å². The van der Waals surface area contributed by atoms with Gasteiger partial charge in [-0.3, -0.25) is 9.78 Å². The summed E-state index contributed by atoms with van der Waals surface area (Å²) < 4.78 is 0.768. The Morgan fingerprint density at radius 1 is 1.70 bits per heavy atom. The van der Waals surface area contributed by atoms with Crippen LogP contribution in [0.2, 0.25) is 0 Å². The lowest BCUT2D eigenvalue weighted by atomic mass is 10.3. The van der Waals surface area contributed by atoms with Crippen LogP contribution in [0.5, 0.6) is 0 Å². The van der Waals surface area contributed by atoms with Crippen LogP contribution < -0.4 is 0 Å². The molecular weight excluding hydrogens is 264 g/mol. The van der Waals surface area contributed by atoms with Crippen molar-refractivity contribution in [3.05, 3.63) is 27.6 Å². The van der Waals surface area contributed by atoms with E-state index in [1.165, 1.54) is 0 Å². The maximum Gasteiger partial charge on any atom is 0.252 e. The first kappa shape index (κ1) is 7.94. The summed E-state index contributed by atoms with van der Waals surface area (Å²) in [5.74, 6) is 0. The third-order valence-corrected chi connectivity index (χ3v) is 1.76. The monoisotopic (exact) mass is 267 g/mol. The fourth-order valence-corrected chi connectivity index (χ4v) is 1.14. The van der Waals surface area contributed by atoms with Crippen molar-refractivity contribution in [2.75, 3.05) is 0 Å². The van der Waals surface area contributed by atoms with Gasteiger partial charge in [-0.25, -0.2) is 0 Å². The Morgan fingerprint density at radius 3 is 2.80 bits per heavy atom. The number of hydrogen-bond acceptors (Lipinski definition) is 2. The molecule has 10 heavy (non-hydrogen) atoms. The molecule has 0 N–H and O–H groups in total. The van der Waals surface area contributed by atoms with Crippen LogP contribution in [0.4, 0.5) is 0 Å². The molecule has 52 valence electrons. The zero-order valence-electron chi connectivity index (χ0n) is 4.84. The number of hydrogen-bond donors (Lipinski definition) is 0. The summed E-state index contributed by atoms with van der Waals surface area (Å²) in [6, 6.07) is 3.22. The molecule has 0 aliphatic heterocycles. The van der Waals surface area contributed by atoms with Gasteiger partial charge in [-0.1, -0.05) is 0 Å². The van der Waals surface area contributed by atoms with Crippen molar-refractivity contribution in [3.8, 4) is 0 Å². The van der Waals surface area contributed by atoms with Crippen molar-refractivity contribution in [2.24, 2.45) is 0 Å². The first-order valence-electron chi connectivity index (χ1n) is 2.51. The second-order valence-electron chi connectivity index (χ2n) is 1.64. The molecule has 2 nitrogen and oxygen atoms in total. The van der Waals surface area contributed by atoms with E-state index < -0.39 is 5.24 Å². The summed E-state index contributed by atoms with van der Waals surface area (Å²) in [4.78, 5) is 14.4. The summed E-state index contributed by atoms with van der Waals surface area (Å²) in [7, 11) is 0. The Labute approximate surface area is 76.7 Å². The SMILES string of the molecule is O=C(Cl)c1ccnc(I)c1. The highest BCUT2D eigenvalue weighted by Crippen LogP contribution is 2.06. The molecule has 4 heteroatoms. The van der Waals surface area contributed by atoms with Crippen molar-refractivity contribution in [1.82, 2.24) is 4.98 Å². The predicted molar refractivity (Wildman–Crippen MR) is 47.1 cm³/mol. The topological polar surface area (TPSA) is 30.0 Å². The first-order chi connectivity index (χ1) is 4.70. The third kappa shape index (κ3) is 1.91. The van der Waals surface area contributed by atoms with E-state index in [1.807, 2.05) is 22.6 Å². The van der Waals surface area contributed by atoms with Gasteiger partial charge in [0.05, 0.1) is 0 Å². The van der Waals surface area contributed by atoms with Crippen molar-refractivity contribution >= 4 is 39.4 Å². The quantitative estimate of drug-likeness (QED) is 0.443. The second-order valence-corrected chi connectivity index (χ2v) is 3.09. The van der Waals surface area contributed by atoms with E-state index in [2.05, 4.69) is 4.98 Å². The lowest BCUT2D eigenvalue weighted by molar-refractivity contribution is 0.108. The standard InChI is InChI=1S/C6H3ClINO/c7-6(10)4-1-2-9-5(8)3-4/h1-3H. The zero-order valence-corrected chi connectivity index (χ0v) is 7.76. The van der Waals surface area contributed by atoms with Crippen LogP contribution in [0.1, 0.15) is 10.4 Å². The van der Waals surface area contributed by atoms with Crippen LogP contribution in [0.3, 0.4) is 0 Å². The number of carbonyl (C=O) groups excluding carboxylic acids is 1. The van der Waals surface area contributed by atoms with Crippen LogP contribution in [-0.4, -0.2) is 10.2 Å². The highest BCUT2D eigenvalue weighted by atomic mass is 127. The van der Waals surface area contributed by atoms with E-state index in [9.17, 15) is 4.79 Å². The number of rotatable bonds is 1. The molecule has 0 amide bonds. The highest BCUT2D eigenvalue weighted by molar-refractivity contribution is 14.1. The van der Waals surface area contributed by atoms with E-state index in [0.29, 0.717) is 5.56 Å². The summed E-state index contributed by atoms with van der Waals surface area (Å²) in [5.41, 5.74) is 0.487. The molecule has 0 spiro atoms. The maximum absolute atomic E-state index is 10.5. The van der Waals surface area contributed by atoms with Gasteiger partial charge in [0.2, 0.25) is 0 Å². The Hall–Kier alpha value is -0.160. The van der Waals surface area contributed by atoms with Crippen molar-refractivity contribution in [2.45, 2.75) is 0 Å². The van der Waals surface area contributed by atoms with Gasteiger partial charge in [-0.05, 0) is 46.3 Å². The lowest BCUT2D eigenvalue weighted by Crippen LogP contribution is -1.89. The highest BCUT2D eigenvalue weighted by Gasteiger charge is 2.00. The number of aromatic nitrogens is 1. The Balaban J connectivity index is 3.07. The predicted octanol–water partition coefficient (Wildman–Crippen LogP) is 2.07. The van der Waals surface area contributed by atoms with Crippen LogP contribution in [0.25, 0.3) is 0 Å². The molecule has 0 saturated heterocycles. The third-order valence-electron chi connectivity index (χ3n) is 0.954. The molecule has 1 aromatic heterocycles. The average Bonchev–Trinajstić information content (AvgIpc) is 1.88. The Bertz CT molecular complexity index is 264. The van der Waals surface area contributed by atoms with Crippen LogP contribution >= 0.6 is 34.2 Å². The van der Waals surface area contributed by atoms with Crippen LogP contribution in [-0.2, 0) is 0 Å². The van der Waals surface area contributed by atoms with Crippen molar-refractivity contribution < 1.29 is 4.79 Å². The maximum atomic E-state index is 10.5. The second kappa shape index (κ2) is 3.30. The van der Waals surface area contributed by atoms with Gasteiger partial charge >= 0.3 is 0 Å². The van der Waals surface area contributed by atoms with Gasteiger partial charge in [0.15, 0.2) is 0 Å². The first-order valence-corrected chi connectivity index (χ1v) is 3.97. The Kier molecular flexibility index (Phi) is 2.62. The largest absolute Gasteiger partial charge is 0.276 e. The summed E-state index contributed by atoms with van der Waals surface area (Å²) >= 11 is 7.22. The molecule has 0 aliphatic carbocycles. The smallest absolute Gasteiger partial charge is 0.252 e. The molecule has 0 radical (unpaired) electrons. The van der Waals surface area contributed by atoms with E-state index in [1.54, 1.807) is 18.3 Å². The zero-order chi connectivity index (χ0) is 7.56. The molecule has 0 aromatic carbocycles. The summed E-state index contributed by atoms with van der Waals surface area (Å²) in [6.45, 7) is 0. The van der Waals surface area contributed by atoms with E-state index in [4.69, 9.17) is 11.6 Å². The minimum Gasteiger partial charge on any atom is -0.276 e. The van der Waals surface area contributed by atoms with Gasteiger partial charge < -0.3 is 0 Å². The molecule has 0 unspecified atom stereocenters. The minimum absolute atomic E-state index is 0.444. The van der Waals surface area contributed by atoms with Crippen molar-refractivity contribution in [3.63, 3.8) is 0 Å². The van der Waals surface area contributed by atoms with Gasteiger partial charge in [0, 0.05) is 11.8 Å². The van der Waals surface area contributed by atoms with Gasteiger partial charge in [-0.2, -0.15) is 0 Å². The number of pyridine rings is 1. The normalized spacial score (nSPS) is 9.40. The number of carbonyl (C=O) groups is 1. The Morgan fingerprint density at radius 2 is 2.40 bits per heavy atom. The molecule has 0 atom stereocenters. The molecule has 0 bridgehead atoms. The number of halogens is 2. The van der Waals surface area contributed by atoms with E-state index in [-0.39, 0.29) is 0 Å². The van der Waals surface area contributed by atoms with E-state index >= 15 is 0 Å². The molecule has 1 heterocycles. The summed E-state index contributed by atoms with van der Waals surface area (Å²) in [5, 5.41) is -0.444. The fraction of sp³-hybridized carbons (Fsp3) is 0. The average molecular weight is 267 g/mol. The minimum atomic E-state index is -0.444. The molecule has 0 fully saturated rings. The van der Waals surface area contributed by atoms with E-state index in [0.717, 1.165) is 3.70 Å². The molecule has 1 aromatic rings.